The minimum absolute atomic E-state index is 0.203. The second kappa shape index (κ2) is 5.63. The molecule has 6 nitrogen and oxygen atoms in total. The van der Waals surface area contributed by atoms with Gasteiger partial charge in [0, 0.05) is 32.4 Å². The van der Waals surface area contributed by atoms with Gasteiger partial charge >= 0.3 is 0 Å². The van der Waals surface area contributed by atoms with Crippen LogP contribution in [0.15, 0.2) is 24.8 Å². The van der Waals surface area contributed by atoms with E-state index in [4.69, 9.17) is 4.98 Å². The Labute approximate surface area is 124 Å². The standard InChI is InChI=1S/C15H20N6/c1-11-7-14(20(2)3)19-15(18-11)13-5-4-6-21(13)12-8-16-10-17-9-12/h7-10,13H,4-6H2,1-3H3/t13-/m0/s1. The first-order valence-electron chi connectivity index (χ1n) is 7.19. The van der Waals surface area contributed by atoms with Crippen LogP contribution in [0.1, 0.15) is 30.4 Å². The number of aromatic nitrogens is 4. The van der Waals surface area contributed by atoms with Gasteiger partial charge in [0.25, 0.3) is 0 Å². The summed E-state index contributed by atoms with van der Waals surface area (Å²) in [6.07, 6.45) is 7.46. The van der Waals surface area contributed by atoms with E-state index in [0.717, 1.165) is 42.4 Å². The zero-order valence-electron chi connectivity index (χ0n) is 12.7. The summed E-state index contributed by atoms with van der Waals surface area (Å²) < 4.78 is 0. The summed E-state index contributed by atoms with van der Waals surface area (Å²) in [7, 11) is 4.01. The van der Waals surface area contributed by atoms with Crippen molar-refractivity contribution in [2.24, 2.45) is 0 Å². The summed E-state index contributed by atoms with van der Waals surface area (Å²) >= 11 is 0. The third-order valence-electron chi connectivity index (χ3n) is 3.75. The lowest BCUT2D eigenvalue weighted by molar-refractivity contribution is 0.659. The molecule has 0 amide bonds. The fourth-order valence-corrected chi connectivity index (χ4v) is 2.74. The van der Waals surface area contributed by atoms with Crippen LogP contribution in [0.2, 0.25) is 0 Å². The average Bonchev–Trinajstić information content (AvgIpc) is 2.97. The Balaban J connectivity index is 1.95. The summed E-state index contributed by atoms with van der Waals surface area (Å²) in [6.45, 7) is 3.01. The minimum atomic E-state index is 0.203. The molecule has 1 saturated heterocycles. The van der Waals surface area contributed by atoms with Gasteiger partial charge in [0.15, 0.2) is 5.82 Å². The third kappa shape index (κ3) is 2.79. The summed E-state index contributed by atoms with van der Waals surface area (Å²) in [4.78, 5) is 21.9. The van der Waals surface area contributed by atoms with Gasteiger partial charge in [-0.15, -0.1) is 0 Å². The summed E-state index contributed by atoms with van der Waals surface area (Å²) in [6, 6.07) is 2.21. The molecule has 3 rings (SSSR count). The molecule has 1 atom stereocenters. The van der Waals surface area contributed by atoms with Gasteiger partial charge in [-0.25, -0.2) is 19.9 Å². The molecule has 0 aromatic carbocycles. The maximum absolute atomic E-state index is 4.72. The highest BCUT2D eigenvalue weighted by molar-refractivity contribution is 5.46. The van der Waals surface area contributed by atoms with Crippen LogP contribution in [0.5, 0.6) is 0 Å². The first kappa shape index (κ1) is 13.7. The van der Waals surface area contributed by atoms with Gasteiger partial charge in [-0.05, 0) is 19.8 Å². The third-order valence-corrected chi connectivity index (χ3v) is 3.75. The second-order valence-electron chi connectivity index (χ2n) is 5.57. The van der Waals surface area contributed by atoms with Crippen LogP contribution < -0.4 is 9.80 Å². The highest BCUT2D eigenvalue weighted by atomic mass is 15.2. The summed E-state index contributed by atoms with van der Waals surface area (Å²) in [5.74, 6) is 1.84. The Bertz CT molecular complexity index is 613. The van der Waals surface area contributed by atoms with Crippen LogP contribution in [0.4, 0.5) is 11.5 Å². The van der Waals surface area contributed by atoms with E-state index >= 15 is 0 Å². The maximum Gasteiger partial charge on any atom is 0.153 e. The number of rotatable bonds is 3. The molecule has 0 N–H and O–H groups in total. The molecule has 0 aliphatic carbocycles. The van der Waals surface area contributed by atoms with Crippen LogP contribution >= 0.6 is 0 Å². The average molecular weight is 284 g/mol. The van der Waals surface area contributed by atoms with Crippen molar-refractivity contribution in [2.75, 3.05) is 30.4 Å². The van der Waals surface area contributed by atoms with Gasteiger partial charge in [-0.3, -0.25) is 0 Å². The fourth-order valence-electron chi connectivity index (χ4n) is 2.74. The van der Waals surface area contributed by atoms with Gasteiger partial charge in [0.1, 0.15) is 12.1 Å². The van der Waals surface area contributed by atoms with E-state index < -0.39 is 0 Å². The topological polar surface area (TPSA) is 58.0 Å². The Morgan fingerprint density at radius 3 is 2.67 bits per heavy atom. The van der Waals surface area contributed by atoms with Crippen molar-refractivity contribution in [2.45, 2.75) is 25.8 Å². The molecule has 1 aliphatic rings. The van der Waals surface area contributed by atoms with Crippen LogP contribution in [0.25, 0.3) is 0 Å². The van der Waals surface area contributed by atoms with Gasteiger partial charge < -0.3 is 9.80 Å². The Morgan fingerprint density at radius 2 is 1.95 bits per heavy atom. The normalized spacial score (nSPS) is 18.0. The Morgan fingerprint density at radius 1 is 1.19 bits per heavy atom. The molecule has 3 heterocycles. The first-order chi connectivity index (χ1) is 10.1. The molecule has 110 valence electrons. The van der Waals surface area contributed by atoms with Gasteiger partial charge in [-0.1, -0.05) is 0 Å². The molecular weight excluding hydrogens is 264 g/mol. The van der Waals surface area contributed by atoms with E-state index in [0.29, 0.717) is 0 Å². The summed E-state index contributed by atoms with van der Waals surface area (Å²) in [5.41, 5.74) is 2.04. The largest absolute Gasteiger partial charge is 0.363 e. The molecular formula is C15H20N6. The van der Waals surface area contributed by atoms with Gasteiger partial charge in [0.05, 0.1) is 24.1 Å². The van der Waals surface area contributed by atoms with Crippen molar-refractivity contribution in [3.63, 3.8) is 0 Å². The van der Waals surface area contributed by atoms with Gasteiger partial charge in [-0.2, -0.15) is 0 Å². The fraction of sp³-hybridized carbons (Fsp3) is 0.467. The lowest BCUT2D eigenvalue weighted by atomic mass is 10.2. The van der Waals surface area contributed by atoms with E-state index in [9.17, 15) is 0 Å². The molecule has 21 heavy (non-hydrogen) atoms. The quantitative estimate of drug-likeness (QED) is 0.859. The number of aryl methyl sites for hydroxylation is 1. The zero-order valence-corrected chi connectivity index (χ0v) is 12.7. The number of anilines is 2. The molecule has 0 unspecified atom stereocenters. The minimum Gasteiger partial charge on any atom is -0.363 e. The first-order valence-corrected chi connectivity index (χ1v) is 7.19. The molecule has 1 aliphatic heterocycles. The second-order valence-corrected chi connectivity index (χ2v) is 5.57. The van der Waals surface area contributed by atoms with E-state index in [1.165, 1.54) is 0 Å². The summed E-state index contributed by atoms with van der Waals surface area (Å²) in [5, 5.41) is 0. The highest BCUT2D eigenvalue weighted by Gasteiger charge is 2.29. The van der Waals surface area contributed by atoms with Gasteiger partial charge in [0.2, 0.25) is 0 Å². The number of nitrogens with zero attached hydrogens (tertiary/aromatic N) is 6. The van der Waals surface area contributed by atoms with Crippen molar-refractivity contribution in [3.8, 4) is 0 Å². The molecule has 0 radical (unpaired) electrons. The van der Waals surface area contributed by atoms with Crippen molar-refractivity contribution >= 4 is 11.5 Å². The maximum atomic E-state index is 4.72. The Kier molecular flexibility index (Phi) is 3.68. The highest BCUT2D eigenvalue weighted by Crippen LogP contribution is 2.34. The van der Waals surface area contributed by atoms with Crippen LogP contribution in [-0.2, 0) is 0 Å². The van der Waals surface area contributed by atoms with E-state index in [-0.39, 0.29) is 6.04 Å². The van der Waals surface area contributed by atoms with Crippen LogP contribution in [0, 0.1) is 6.92 Å². The number of hydrogen-bond donors (Lipinski definition) is 0. The van der Waals surface area contributed by atoms with Crippen molar-refractivity contribution in [1.29, 1.82) is 0 Å². The molecule has 0 bridgehead atoms. The lowest BCUT2D eigenvalue weighted by Crippen LogP contribution is -2.25. The molecule has 6 heteroatoms. The molecule has 2 aromatic heterocycles. The molecule has 1 fully saturated rings. The smallest absolute Gasteiger partial charge is 0.153 e. The van der Waals surface area contributed by atoms with Crippen molar-refractivity contribution < 1.29 is 0 Å². The van der Waals surface area contributed by atoms with E-state index in [1.54, 1.807) is 6.33 Å². The number of hydrogen-bond acceptors (Lipinski definition) is 6. The van der Waals surface area contributed by atoms with E-state index in [1.807, 2.05) is 44.4 Å². The molecule has 0 spiro atoms. The van der Waals surface area contributed by atoms with Crippen LogP contribution in [0.3, 0.4) is 0 Å². The van der Waals surface area contributed by atoms with Crippen LogP contribution in [-0.4, -0.2) is 40.6 Å². The SMILES string of the molecule is Cc1cc(N(C)C)nc([C@@H]2CCCN2c2cncnc2)n1. The molecule has 2 aromatic rings. The van der Waals surface area contributed by atoms with E-state index in [2.05, 4.69) is 19.9 Å². The zero-order chi connectivity index (χ0) is 14.8. The molecule has 0 saturated carbocycles. The monoisotopic (exact) mass is 284 g/mol. The van der Waals surface area contributed by atoms with Crippen molar-refractivity contribution in [1.82, 2.24) is 19.9 Å². The van der Waals surface area contributed by atoms with Crippen molar-refractivity contribution in [3.05, 3.63) is 36.3 Å². The lowest BCUT2D eigenvalue weighted by Gasteiger charge is -2.26. The Hall–Kier alpha value is -2.24. The predicted octanol–water partition coefficient (Wildman–Crippen LogP) is 1.98. The predicted molar refractivity (Wildman–Crippen MR) is 82.4 cm³/mol.